The van der Waals surface area contributed by atoms with E-state index in [2.05, 4.69) is 10.3 Å². The van der Waals surface area contributed by atoms with E-state index in [-0.39, 0.29) is 0 Å². The monoisotopic (exact) mass is 264 g/mol. The van der Waals surface area contributed by atoms with Crippen molar-refractivity contribution >= 4 is 17.9 Å². The number of imidazole rings is 1. The van der Waals surface area contributed by atoms with Crippen LogP contribution in [0.1, 0.15) is 5.82 Å². The number of nitrogens with one attached hydrogen (secondary N) is 1. The summed E-state index contributed by atoms with van der Waals surface area (Å²) in [6.45, 7) is 1.39. The maximum absolute atomic E-state index is 11.8. The van der Waals surface area contributed by atoms with E-state index in [1.165, 1.54) is 4.90 Å². The van der Waals surface area contributed by atoms with E-state index in [9.17, 15) is 14.4 Å². The molecule has 19 heavy (non-hydrogen) atoms. The predicted octanol–water partition coefficient (Wildman–Crippen LogP) is -0.424. The molecule has 0 fully saturated rings. The van der Waals surface area contributed by atoms with Crippen LogP contribution in [0.15, 0.2) is 24.5 Å². The zero-order chi connectivity index (χ0) is 13.8. The van der Waals surface area contributed by atoms with Crippen LogP contribution in [0, 0.1) is 0 Å². The van der Waals surface area contributed by atoms with E-state index in [1.807, 2.05) is 10.8 Å². The zero-order valence-electron chi connectivity index (χ0n) is 9.94. The van der Waals surface area contributed by atoms with Gasteiger partial charge in [0.05, 0.1) is 6.54 Å². The SMILES string of the molecule is O=C(O)/C=C/C(=O)NC(=O)N1CCn2ccnc2C1. The van der Waals surface area contributed by atoms with Crippen molar-refractivity contribution in [1.29, 1.82) is 0 Å². The minimum Gasteiger partial charge on any atom is -0.478 e. The van der Waals surface area contributed by atoms with E-state index in [4.69, 9.17) is 5.11 Å². The fourth-order valence-electron chi connectivity index (χ4n) is 1.72. The number of rotatable bonds is 2. The van der Waals surface area contributed by atoms with Crippen LogP contribution in [0.4, 0.5) is 4.79 Å². The summed E-state index contributed by atoms with van der Waals surface area (Å²) in [6.07, 6.45) is 4.94. The Kier molecular flexibility index (Phi) is 3.60. The normalized spacial score (nSPS) is 14.2. The molecule has 0 aromatic carbocycles. The molecule has 1 aliphatic rings. The van der Waals surface area contributed by atoms with Crippen LogP contribution < -0.4 is 5.32 Å². The van der Waals surface area contributed by atoms with Gasteiger partial charge in [-0.05, 0) is 0 Å². The Labute approximate surface area is 108 Å². The number of aromatic nitrogens is 2. The summed E-state index contributed by atoms with van der Waals surface area (Å²) in [5.41, 5.74) is 0. The van der Waals surface area contributed by atoms with Crippen LogP contribution >= 0.6 is 0 Å². The summed E-state index contributed by atoms with van der Waals surface area (Å²) in [7, 11) is 0. The van der Waals surface area contributed by atoms with E-state index < -0.39 is 17.9 Å². The van der Waals surface area contributed by atoms with Gasteiger partial charge in [0.1, 0.15) is 5.82 Å². The quantitative estimate of drug-likeness (QED) is 0.706. The number of nitrogens with zero attached hydrogens (tertiary/aromatic N) is 3. The molecule has 0 aliphatic carbocycles. The van der Waals surface area contributed by atoms with E-state index in [1.54, 1.807) is 6.20 Å². The molecule has 2 rings (SSSR count). The second kappa shape index (κ2) is 5.34. The number of amides is 3. The van der Waals surface area contributed by atoms with Crippen molar-refractivity contribution in [2.75, 3.05) is 6.54 Å². The lowest BCUT2D eigenvalue weighted by Crippen LogP contribution is -2.45. The van der Waals surface area contributed by atoms with Gasteiger partial charge in [0, 0.05) is 37.6 Å². The topological polar surface area (TPSA) is 105 Å². The highest BCUT2D eigenvalue weighted by Gasteiger charge is 2.21. The first kappa shape index (κ1) is 12.8. The Morgan fingerprint density at radius 1 is 1.32 bits per heavy atom. The second-order valence-electron chi connectivity index (χ2n) is 3.92. The number of imide groups is 1. The average Bonchev–Trinajstić information content (AvgIpc) is 2.83. The highest BCUT2D eigenvalue weighted by atomic mass is 16.4. The molecule has 0 atom stereocenters. The van der Waals surface area contributed by atoms with Gasteiger partial charge in [-0.25, -0.2) is 14.6 Å². The third-order valence-electron chi connectivity index (χ3n) is 2.64. The lowest BCUT2D eigenvalue weighted by atomic mass is 10.3. The number of aliphatic carboxylic acids is 1. The minimum absolute atomic E-state index is 0.314. The van der Waals surface area contributed by atoms with Crippen LogP contribution in [0.25, 0.3) is 0 Å². The van der Waals surface area contributed by atoms with Gasteiger partial charge >= 0.3 is 12.0 Å². The van der Waals surface area contributed by atoms with Gasteiger partial charge in [0.25, 0.3) is 5.91 Å². The number of carbonyl (C=O) groups is 3. The molecule has 0 saturated carbocycles. The summed E-state index contributed by atoms with van der Waals surface area (Å²) in [6, 6.07) is -0.561. The summed E-state index contributed by atoms with van der Waals surface area (Å²) < 4.78 is 1.93. The summed E-state index contributed by atoms with van der Waals surface area (Å²) in [5, 5.41) is 10.4. The number of hydrogen-bond acceptors (Lipinski definition) is 4. The molecular formula is C11H12N4O4. The van der Waals surface area contributed by atoms with Crippen molar-refractivity contribution in [3.05, 3.63) is 30.4 Å². The Balaban J connectivity index is 1.91. The number of urea groups is 1. The molecule has 8 nitrogen and oxygen atoms in total. The van der Waals surface area contributed by atoms with Crippen molar-refractivity contribution in [2.24, 2.45) is 0 Å². The Morgan fingerprint density at radius 3 is 2.84 bits per heavy atom. The van der Waals surface area contributed by atoms with Crippen molar-refractivity contribution in [3.8, 4) is 0 Å². The van der Waals surface area contributed by atoms with Gasteiger partial charge in [-0.15, -0.1) is 0 Å². The third-order valence-corrected chi connectivity index (χ3v) is 2.64. The van der Waals surface area contributed by atoms with Crippen molar-refractivity contribution in [3.63, 3.8) is 0 Å². The van der Waals surface area contributed by atoms with Crippen LogP contribution in [-0.2, 0) is 22.7 Å². The molecule has 0 spiro atoms. The van der Waals surface area contributed by atoms with E-state index >= 15 is 0 Å². The molecule has 0 saturated heterocycles. The maximum Gasteiger partial charge on any atom is 0.328 e. The smallest absolute Gasteiger partial charge is 0.328 e. The van der Waals surface area contributed by atoms with Gasteiger partial charge in [-0.3, -0.25) is 10.1 Å². The number of carboxylic acid groups (broad SMARTS) is 1. The second-order valence-corrected chi connectivity index (χ2v) is 3.92. The van der Waals surface area contributed by atoms with Gasteiger partial charge in [-0.1, -0.05) is 0 Å². The molecular weight excluding hydrogens is 252 g/mol. The summed E-state index contributed by atoms with van der Waals surface area (Å²) in [5.74, 6) is -1.26. The third kappa shape index (κ3) is 3.18. The van der Waals surface area contributed by atoms with Crippen LogP contribution in [-0.4, -0.2) is 44.0 Å². The van der Waals surface area contributed by atoms with Gasteiger partial charge < -0.3 is 14.6 Å². The fraction of sp³-hybridized carbons (Fsp3) is 0.273. The highest BCUT2D eigenvalue weighted by molar-refractivity contribution is 6.02. The summed E-state index contributed by atoms with van der Waals surface area (Å²) in [4.78, 5) is 38.8. The van der Waals surface area contributed by atoms with Crippen LogP contribution in [0.2, 0.25) is 0 Å². The number of carbonyl (C=O) groups excluding carboxylic acids is 2. The Bertz CT molecular complexity index is 549. The molecule has 2 N–H and O–H groups in total. The standard InChI is InChI=1S/C11H12N4O4/c16-9(1-2-10(17)18)13-11(19)15-6-5-14-4-3-12-8(14)7-15/h1-4H,5-7H2,(H,17,18)(H,13,16,19)/b2-1+. The van der Waals surface area contributed by atoms with Crippen LogP contribution in [0.5, 0.6) is 0 Å². The van der Waals surface area contributed by atoms with Gasteiger partial charge in [0.15, 0.2) is 0 Å². The largest absolute Gasteiger partial charge is 0.478 e. The Hall–Kier alpha value is -2.64. The van der Waals surface area contributed by atoms with Gasteiger partial charge in [-0.2, -0.15) is 0 Å². The summed E-state index contributed by atoms with van der Waals surface area (Å²) >= 11 is 0. The number of fused-ring (bicyclic) bond motifs is 1. The molecule has 100 valence electrons. The van der Waals surface area contributed by atoms with Crippen molar-refractivity contribution in [1.82, 2.24) is 19.8 Å². The predicted molar refractivity (Wildman–Crippen MR) is 63.0 cm³/mol. The first-order chi connectivity index (χ1) is 9.06. The lowest BCUT2D eigenvalue weighted by molar-refractivity contribution is -0.131. The molecule has 1 aromatic heterocycles. The highest BCUT2D eigenvalue weighted by Crippen LogP contribution is 2.09. The van der Waals surface area contributed by atoms with E-state index in [0.29, 0.717) is 25.7 Å². The first-order valence-electron chi connectivity index (χ1n) is 5.57. The number of carboxylic acids is 1. The molecule has 1 aromatic rings. The van der Waals surface area contributed by atoms with Gasteiger partial charge in [0.2, 0.25) is 0 Å². The fourth-order valence-corrected chi connectivity index (χ4v) is 1.72. The lowest BCUT2D eigenvalue weighted by Gasteiger charge is -2.27. The van der Waals surface area contributed by atoms with Crippen molar-refractivity contribution < 1.29 is 19.5 Å². The molecule has 3 amide bonds. The molecule has 1 aliphatic heterocycles. The molecule has 0 bridgehead atoms. The molecule has 0 unspecified atom stereocenters. The van der Waals surface area contributed by atoms with E-state index in [0.717, 1.165) is 11.9 Å². The molecule has 2 heterocycles. The maximum atomic E-state index is 11.8. The average molecular weight is 264 g/mol. The first-order valence-corrected chi connectivity index (χ1v) is 5.57. The molecule has 0 radical (unpaired) electrons. The van der Waals surface area contributed by atoms with Crippen molar-refractivity contribution in [2.45, 2.75) is 13.1 Å². The number of hydrogen-bond donors (Lipinski definition) is 2. The minimum atomic E-state index is -1.25. The van der Waals surface area contributed by atoms with Crippen LogP contribution in [0.3, 0.4) is 0 Å². The molecule has 8 heteroatoms. The Morgan fingerprint density at radius 2 is 2.11 bits per heavy atom. The zero-order valence-corrected chi connectivity index (χ0v) is 9.94.